The van der Waals surface area contributed by atoms with Crippen LogP contribution in [0.3, 0.4) is 0 Å². The summed E-state index contributed by atoms with van der Waals surface area (Å²) in [5, 5.41) is 5.72. The van der Waals surface area contributed by atoms with Crippen molar-refractivity contribution in [3.05, 3.63) is 54.1 Å². The highest BCUT2D eigenvalue weighted by Gasteiger charge is 2.49. The second kappa shape index (κ2) is 7.94. The summed E-state index contributed by atoms with van der Waals surface area (Å²) in [6.45, 7) is 4.00. The molecule has 2 unspecified atom stereocenters. The largest absolute Gasteiger partial charge is 0.337 e. The highest BCUT2D eigenvalue weighted by Crippen LogP contribution is 2.23. The Morgan fingerprint density at radius 3 is 2.90 bits per heavy atom. The number of nitrogens with zero attached hydrogens (tertiary/aromatic N) is 5. The standard InChI is InChI=1S/C20H25N7O2/c1-14-5-3-6-15(11-14)12-27-16-17(25(2)20(29)24-18(16)28)23-19(27)22-7-4-9-26-10-8-21-13-26/h3,5-6,8,10-11,13,16-17H,4,7,9,12H2,1-2H3,(H,22,23)(H,24,28,29). The van der Waals surface area contributed by atoms with Gasteiger partial charge >= 0.3 is 6.03 Å². The van der Waals surface area contributed by atoms with Gasteiger partial charge in [0.2, 0.25) is 0 Å². The molecule has 1 aromatic carbocycles. The molecule has 2 aromatic rings. The van der Waals surface area contributed by atoms with Crippen molar-refractivity contribution in [1.82, 2.24) is 30.0 Å². The highest BCUT2D eigenvalue weighted by molar-refractivity contribution is 6.04. The lowest BCUT2D eigenvalue weighted by atomic mass is 10.1. The van der Waals surface area contributed by atoms with E-state index in [-0.39, 0.29) is 5.91 Å². The second-order valence-corrected chi connectivity index (χ2v) is 7.42. The molecule has 2 N–H and O–H groups in total. The van der Waals surface area contributed by atoms with Crippen molar-refractivity contribution in [1.29, 1.82) is 0 Å². The zero-order chi connectivity index (χ0) is 20.4. The minimum absolute atomic E-state index is 0.304. The van der Waals surface area contributed by atoms with Crippen LogP contribution >= 0.6 is 0 Å². The molecule has 0 saturated carbocycles. The van der Waals surface area contributed by atoms with Gasteiger partial charge in [-0.3, -0.25) is 15.1 Å². The van der Waals surface area contributed by atoms with Crippen LogP contribution in [0, 0.1) is 6.92 Å². The Kier molecular flexibility index (Phi) is 5.20. The number of fused-ring (bicyclic) bond motifs is 1. The topological polar surface area (TPSA) is 94.9 Å². The molecule has 2 fully saturated rings. The molecule has 2 atom stereocenters. The molecule has 9 nitrogen and oxygen atoms in total. The Bertz CT molecular complexity index is 925. The van der Waals surface area contributed by atoms with Crippen LogP contribution in [0.1, 0.15) is 17.5 Å². The van der Waals surface area contributed by atoms with Gasteiger partial charge in [0.15, 0.2) is 12.0 Å². The first-order chi connectivity index (χ1) is 14.0. The van der Waals surface area contributed by atoms with Gasteiger partial charge in [0, 0.05) is 39.1 Å². The van der Waals surface area contributed by atoms with Gasteiger partial charge in [0.05, 0.1) is 6.33 Å². The summed E-state index contributed by atoms with van der Waals surface area (Å²) in [5.41, 5.74) is 2.25. The fraction of sp³-hybridized carbons (Fsp3) is 0.400. The lowest BCUT2D eigenvalue weighted by Gasteiger charge is -2.35. The first-order valence-electron chi connectivity index (χ1n) is 9.69. The Morgan fingerprint density at radius 1 is 1.28 bits per heavy atom. The monoisotopic (exact) mass is 395 g/mol. The molecule has 2 aliphatic heterocycles. The molecule has 2 aliphatic rings. The normalized spacial score (nSPS) is 22.6. The first-order valence-corrected chi connectivity index (χ1v) is 9.69. The number of likely N-dealkylation sites (N-methyl/N-ethyl adjacent to an activating group) is 1. The number of aryl methyl sites for hydroxylation is 2. The van der Waals surface area contributed by atoms with Crippen molar-refractivity contribution in [2.24, 2.45) is 4.99 Å². The van der Waals surface area contributed by atoms with Crippen LogP contribution in [0.15, 0.2) is 48.0 Å². The van der Waals surface area contributed by atoms with E-state index in [4.69, 9.17) is 4.99 Å². The van der Waals surface area contributed by atoms with E-state index in [0.717, 1.165) is 24.1 Å². The smallest absolute Gasteiger partial charge is 0.325 e. The third-order valence-corrected chi connectivity index (χ3v) is 5.25. The summed E-state index contributed by atoms with van der Waals surface area (Å²) >= 11 is 0. The number of aliphatic imine (C=N–C) groups is 1. The number of hydrogen-bond acceptors (Lipinski definition) is 4. The van der Waals surface area contributed by atoms with Crippen LogP contribution in [-0.4, -0.2) is 63.0 Å². The summed E-state index contributed by atoms with van der Waals surface area (Å²) in [4.78, 5) is 36.9. The number of carbonyl (C=O) groups is 2. The van der Waals surface area contributed by atoms with Gasteiger partial charge in [0.1, 0.15) is 6.17 Å². The molecule has 9 heteroatoms. The Labute approximate surface area is 169 Å². The molecule has 3 heterocycles. The molecule has 3 amide bonds. The lowest BCUT2D eigenvalue weighted by Crippen LogP contribution is -2.64. The van der Waals surface area contributed by atoms with E-state index in [1.54, 1.807) is 19.6 Å². The van der Waals surface area contributed by atoms with Crippen LogP contribution < -0.4 is 10.6 Å². The lowest BCUT2D eigenvalue weighted by molar-refractivity contribution is -0.127. The van der Waals surface area contributed by atoms with Crippen LogP contribution in [0.4, 0.5) is 4.79 Å². The molecule has 0 aliphatic carbocycles. The first kappa shape index (κ1) is 19.0. The van der Waals surface area contributed by atoms with Gasteiger partial charge in [-0.2, -0.15) is 0 Å². The minimum atomic E-state index is -0.523. The van der Waals surface area contributed by atoms with Crippen LogP contribution in [0.25, 0.3) is 0 Å². The number of amides is 3. The van der Waals surface area contributed by atoms with E-state index >= 15 is 0 Å². The summed E-state index contributed by atoms with van der Waals surface area (Å²) in [6, 6.07) is 7.25. The number of nitrogens with one attached hydrogen (secondary N) is 2. The summed E-state index contributed by atoms with van der Waals surface area (Å²) in [5.74, 6) is 0.339. The number of benzene rings is 1. The van der Waals surface area contributed by atoms with Crippen molar-refractivity contribution < 1.29 is 9.59 Å². The predicted octanol–water partition coefficient (Wildman–Crippen LogP) is 0.919. The highest BCUT2D eigenvalue weighted by atomic mass is 16.2. The molecular weight excluding hydrogens is 370 g/mol. The van der Waals surface area contributed by atoms with Gasteiger partial charge in [-0.25, -0.2) is 9.78 Å². The SMILES string of the molecule is Cc1cccc(CN2C(=NCCCn3ccnc3)NC3C2C(=O)NC(=O)N3C)c1. The van der Waals surface area contributed by atoms with Crippen LogP contribution in [-0.2, 0) is 17.9 Å². The number of guanidine groups is 1. The number of imidazole rings is 1. The maximum atomic E-state index is 12.6. The summed E-state index contributed by atoms with van der Waals surface area (Å²) in [6.07, 6.45) is 5.86. The van der Waals surface area contributed by atoms with Crippen LogP contribution in [0.2, 0.25) is 0 Å². The zero-order valence-corrected chi connectivity index (χ0v) is 16.6. The van der Waals surface area contributed by atoms with Crippen molar-refractivity contribution in [3.63, 3.8) is 0 Å². The van der Waals surface area contributed by atoms with E-state index in [1.165, 1.54) is 4.90 Å². The predicted molar refractivity (Wildman–Crippen MR) is 108 cm³/mol. The molecule has 4 rings (SSSR count). The van der Waals surface area contributed by atoms with Gasteiger partial charge in [-0.05, 0) is 18.9 Å². The summed E-state index contributed by atoms with van der Waals surface area (Å²) < 4.78 is 2.01. The molecule has 0 radical (unpaired) electrons. The van der Waals surface area contributed by atoms with Gasteiger partial charge in [0.25, 0.3) is 5.91 Å². The molecule has 152 valence electrons. The van der Waals surface area contributed by atoms with E-state index in [2.05, 4.69) is 21.7 Å². The Balaban J connectivity index is 1.54. The van der Waals surface area contributed by atoms with Crippen molar-refractivity contribution in [3.8, 4) is 0 Å². The molecule has 29 heavy (non-hydrogen) atoms. The van der Waals surface area contributed by atoms with Crippen molar-refractivity contribution in [2.75, 3.05) is 13.6 Å². The molecule has 0 spiro atoms. The third-order valence-electron chi connectivity index (χ3n) is 5.25. The van der Waals surface area contributed by atoms with E-state index in [1.807, 2.05) is 40.8 Å². The number of carbonyl (C=O) groups excluding carboxylic acids is 2. The number of aromatic nitrogens is 2. The van der Waals surface area contributed by atoms with Gasteiger partial charge in [-0.1, -0.05) is 29.8 Å². The summed E-state index contributed by atoms with van der Waals surface area (Å²) in [7, 11) is 1.68. The molecule has 0 bridgehead atoms. The molecule has 1 aromatic heterocycles. The number of rotatable bonds is 6. The Morgan fingerprint density at radius 2 is 2.14 bits per heavy atom. The number of imide groups is 1. The van der Waals surface area contributed by atoms with Gasteiger partial charge < -0.3 is 19.7 Å². The average Bonchev–Trinajstić information content (AvgIpc) is 3.32. The van der Waals surface area contributed by atoms with E-state index < -0.39 is 18.2 Å². The second-order valence-electron chi connectivity index (χ2n) is 7.42. The quantitative estimate of drug-likeness (QED) is 0.710. The third kappa shape index (κ3) is 3.94. The van der Waals surface area contributed by atoms with Crippen LogP contribution in [0.5, 0.6) is 0 Å². The van der Waals surface area contributed by atoms with Crippen molar-refractivity contribution >= 4 is 17.9 Å². The van der Waals surface area contributed by atoms with E-state index in [9.17, 15) is 9.59 Å². The molecule has 2 saturated heterocycles. The minimum Gasteiger partial charge on any atom is -0.337 e. The van der Waals surface area contributed by atoms with Crippen molar-refractivity contribution in [2.45, 2.75) is 38.6 Å². The maximum absolute atomic E-state index is 12.6. The Hall–Kier alpha value is -3.36. The zero-order valence-electron chi connectivity index (χ0n) is 16.6. The number of hydrogen-bond donors (Lipinski definition) is 2. The van der Waals surface area contributed by atoms with Gasteiger partial charge in [-0.15, -0.1) is 0 Å². The fourth-order valence-electron chi connectivity index (χ4n) is 3.76. The fourth-order valence-corrected chi connectivity index (χ4v) is 3.76. The van der Waals surface area contributed by atoms with E-state index in [0.29, 0.717) is 19.0 Å². The molecular formula is C20H25N7O2. The average molecular weight is 395 g/mol. The maximum Gasteiger partial charge on any atom is 0.325 e. The number of urea groups is 1.